The summed E-state index contributed by atoms with van der Waals surface area (Å²) in [5.41, 5.74) is 11.1. The number of carbonyl (C=O) groups is 1. The number of hydrogen-bond acceptors (Lipinski definition) is 7. The maximum Gasteiger partial charge on any atom is 0.295 e. The third-order valence-corrected chi connectivity index (χ3v) is 4.67. The predicted octanol–water partition coefficient (Wildman–Crippen LogP) is 3.54. The third-order valence-electron chi connectivity index (χ3n) is 4.67. The fraction of sp³-hybridized carbons (Fsp3) is 0.100. The zero-order valence-corrected chi connectivity index (χ0v) is 15.7. The van der Waals surface area contributed by atoms with Crippen molar-refractivity contribution in [2.75, 3.05) is 16.1 Å². The highest BCUT2D eigenvalue weighted by atomic mass is 16.2. The molecule has 0 saturated heterocycles. The van der Waals surface area contributed by atoms with Crippen molar-refractivity contribution in [1.29, 1.82) is 0 Å². The highest BCUT2D eigenvalue weighted by molar-refractivity contribution is 6.04. The Kier molecular flexibility index (Phi) is 3.80. The van der Waals surface area contributed by atoms with Gasteiger partial charge in [0.25, 0.3) is 5.91 Å². The van der Waals surface area contributed by atoms with E-state index >= 15 is 0 Å². The lowest BCUT2D eigenvalue weighted by Crippen LogP contribution is -2.10. The molecule has 2 aromatic heterocycles. The van der Waals surface area contributed by atoms with E-state index in [4.69, 9.17) is 0 Å². The molecule has 3 heterocycles. The van der Waals surface area contributed by atoms with Gasteiger partial charge in [-0.1, -0.05) is 12.1 Å². The van der Waals surface area contributed by atoms with Gasteiger partial charge in [0.05, 0.1) is 22.5 Å². The number of carbonyl (C=O) groups excluding carboxylic acids is 1. The highest BCUT2D eigenvalue weighted by Crippen LogP contribution is 2.30. The van der Waals surface area contributed by atoms with Crippen molar-refractivity contribution in [3.05, 3.63) is 59.3 Å². The third kappa shape index (κ3) is 3.08. The maximum atomic E-state index is 11.6. The molecule has 1 amide bonds. The minimum atomic E-state index is -0.273. The Hall–Kier alpha value is -4.14. The molecule has 0 saturated carbocycles. The molecule has 0 atom stereocenters. The highest BCUT2D eigenvalue weighted by Gasteiger charge is 2.20. The number of anilines is 5. The Bertz CT molecular complexity index is 1260. The minimum Gasteiger partial charge on any atom is -0.325 e. The van der Waals surface area contributed by atoms with Crippen molar-refractivity contribution in [2.45, 2.75) is 13.8 Å². The Morgan fingerprint density at radius 3 is 2.72 bits per heavy atom. The van der Waals surface area contributed by atoms with Gasteiger partial charge >= 0.3 is 0 Å². The number of rotatable bonds is 4. The molecule has 0 bridgehead atoms. The summed E-state index contributed by atoms with van der Waals surface area (Å²) in [4.78, 5) is 21.0. The molecule has 143 valence electrons. The smallest absolute Gasteiger partial charge is 0.295 e. The largest absolute Gasteiger partial charge is 0.325 e. The fourth-order valence-corrected chi connectivity index (χ4v) is 3.32. The van der Waals surface area contributed by atoms with Crippen LogP contribution in [0.4, 0.5) is 29.0 Å². The van der Waals surface area contributed by atoms with Crippen LogP contribution in [0.3, 0.4) is 0 Å². The molecule has 1 aliphatic heterocycles. The van der Waals surface area contributed by atoms with Crippen LogP contribution in [-0.2, 0) is 0 Å². The molecule has 1 radical (unpaired) electrons. The van der Waals surface area contributed by atoms with Crippen LogP contribution in [0.1, 0.15) is 21.6 Å². The van der Waals surface area contributed by atoms with Crippen molar-refractivity contribution in [1.82, 2.24) is 25.6 Å². The van der Waals surface area contributed by atoms with Crippen molar-refractivity contribution in [2.24, 2.45) is 0 Å². The SMILES string of the molecule is Cc1cc(Nc2nc(Nc3ccc4c(c3)N[N]C4=O)nc3cccc(C)c23)[nH]n1. The summed E-state index contributed by atoms with van der Waals surface area (Å²) in [7, 11) is 0. The maximum absolute atomic E-state index is 11.6. The van der Waals surface area contributed by atoms with Crippen LogP contribution < -0.4 is 21.5 Å². The van der Waals surface area contributed by atoms with Crippen LogP contribution in [0, 0.1) is 13.8 Å². The van der Waals surface area contributed by atoms with Crippen LogP contribution in [0.15, 0.2) is 42.5 Å². The zero-order valence-electron chi connectivity index (χ0n) is 15.7. The van der Waals surface area contributed by atoms with Crippen molar-refractivity contribution >= 4 is 45.8 Å². The fourth-order valence-electron chi connectivity index (χ4n) is 3.32. The first kappa shape index (κ1) is 17.0. The van der Waals surface area contributed by atoms with E-state index in [9.17, 15) is 4.79 Å². The molecule has 4 N–H and O–H groups in total. The molecule has 9 heteroatoms. The summed E-state index contributed by atoms with van der Waals surface area (Å²) in [5, 5.41) is 14.5. The van der Waals surface area contributed by atoms with Gasteiger partial charge in [0, 0.05) is 17.1 Å². The summed E-state index contributed by atoms with van der Waals surface area (Å²) in [6.07, 6.45) is 0. The topological polar surface area (TPSA) is 122 Å². The molecule has 29 heavy (non-hydrogen) atoms. The monoisotopic (exact) mass is 385 g/mol. The van der Waals surface area contributed by atoms with E-state index in [0.717, 1.165) is 33.7 Å². The number of H-pyrrole nitrogens is 1. The van der Waals surface area contributed by atoms with Gasteiger partial charge in [-0.05, 0) is 43.7 Å². The first-order chi connectivity index (χ1) is 14.1. The molecule has 0 aliphatic carbocycles. The van der Waals surface area contributed by atoms with E-state index in [1.165, 1.54) is 0 Å². The molecule has 0 unspecified atom stereocenters. The molecule has 0 fully saturated rings. The molecule has 0 spiro atoms. The first-order valence-electron chi connectivity index (χ1n) is 9.05. The Balaban J connectivity index is 1.55. The lowest BCUT2D eigenvalue weighted by atomic mass is 10.1. The van der Waals surface area contributed by atoms with Crippen molar-refractivity contribution < 1.29 is 4.79 Å². The van der Waals surface area contributed by atoms with Gasteiger partial charge in [-0.15, -0.1) is 5.43 Å². The van der Waals surface area contributed by atoms with E-state index in [2.05, 4.69) is 41.7 Å². The average Bonchev–Trinajstić information content (AvgIpc) is 3.27. The molecule has 9 nitrogen and oxygen atoms in total. The number of hydrogen-bond donors (Lipinski definition) is 4. The number of nitrogens with zero attached hydrogens (tertiary/aromatic N) is 4. The second-order valence-electron chi connectivity index (χ2n) is 6.83. The van der Waals surface area contributed by atoms with Gasteiger partial charge in [-0.25, -0.2) is 4.98 Å². The number of benzene rings is 2. The van der Waals surface area contributed by atoms with E-state index < -0.39 is 0 Å². The lowest BCUT2D eigenvalue weighted by molar-refractivity contribution is 0.0969. The second-order valence-corrected chi connectivity index (χ2v) is 6.83. The van der Waals surface area contributed by atoms with Crippen LogP contribution in [0.5, 0.6) is 0 Å². The van der Waals surface area contributed by atoms with Crippen LogP contribution >= 0.6 is 0 Å². The van der Waals surface area contributed by atoms with Crippen molar-refractivity contribution in [3.8, 4) is 0 Å². The zero-order chi connectivity index (χ0) is 20.0. The molecule has 4 aromatic rings. The van der Waals surface area contributed by atoms with Gasteiger partial charge < -0.3 is 10.6 Å². The summed E-state index contributed by atoms with van der Waals surface area (Å²) < 4.78 is 0. The van der Waals surface area contributed by atoms with Crippen molar-refractivity contribution in [3.63, 3.8) is 0 Å². The van der Waals surface area contributed by atoms with Crippen LogP contribution in [-0.4, -0.2) is 26.1 Å². The number of aryl methyl sites for hydroxylation is 2. The van der Waals surface area contributed by atoms with Gasteiger partial charge in [0.2, 0.25) is 5.95 Å². The van der Waals surface area contributed by atoms with E-state index in [1.54, 1.807) is 18.2 Å². The number of fused-ring (bicyclic) bond motifs is 2. The normalized spacial score (nSPS) is 12.4. The number of amides is 1. The Labute approximate surface area is 165 Å². The number of aromatic nitrogens is 4. The Morgan fingerprint density at radius 2 is 1.90 bits per heavy atom. The van der Waals surface area contributed by atoms with Crippen LogP contribution in [0.25, 0.3) is 10.9 Å². The standard InChI is InChI=1S/C20H17N8O/c1-10-4-3-5-14-17(10)18(23-16-8-11(2)25-27-16)24-20(22-14)21-12-6-7-13-15(9-12)26-28-19(13)29/h3-9,26H,1-2H3,(H3,21,22,23,24,25,27). The number of nitrogens with one attached hydrogen (secondary N) is 4. The van der Waals surface area contributed by atoms with Gasteiger partial charge in [-0.3, -0.25) is 15.3 Å². The average molecular weight is 385 g/mol. The molecule has 5 rings (SSSR count). The number of aromatic amines is 1. The summed E-state index contributed by atoms with van der Waals surface area (Å²) >= 11 is 0. The van der Waals surface area contributed by atoms with Gasteiger partial charge in [0.1, 0.15) is 11.6 Å². The molecule has 2 aromatic carbocycles. The first-order valence-corrected chi connectivity index (χ1v) is 9.05. The van der Waals surface area contributed by atoms with E-state index in [0.29, 0.717) is 23.0 Å². The quantitative estimate of drug-likeness (QED) is 0.424. The molecular formula is C20H17N8O. The van der Waals surface area contributed by atoms with Gasteiger partial charge in [-0.2, -0.15) is 10.1 Å². The van der Waals surface area contributed by atoms with E-state index in [-0.39, 0.29) is 5.91 Å². The van der Waals surface area contributed by atoms with Crippen LogP contribution in [0.2, 0.25) is 0 Å². The molecular weight excluding hydrogens is 368 g/mol. The molecule has 1 aliphatic rings. The summed E-state index contributed by atoms with van der Waals surface area (Å²) in [5.74, 6) is 1.58. The lowest BCUT2D eigenvalue weighted by Gasteiger charge is -2.13. The van der Waals surface area contributed by atoms with E-state index in [1.807, 2.05) is 38.1 Å². The predicted molar refractivity (Wildman–Crippen MR) is 111 cm³/mol. The Morgan fingerprint density at radius 1 is 1.00 bits per heavy atom. The minimum absolute atomic E-state index is 0.273. The van der Waals surface area contributed by atoms with Gasteiger partial charge in [0.15, 0.2) is 0 Å². The second kappa shape index (κ2) is 6.48. The summed E-state index contributed by atoms with van der Waals surface area (Å²) in [6.45, 7) is 3.94. The summed E-state index contributed by atoms with van der Waals surface area (Å²) in [6, 6.07) is 13.2.